The minimum Gasteiger partial charge on any atom is -0.497 e. The number of pyridine rings is 2. The second-order valence-corrected chi connectivity index (χ2v) is 18.4. The molecule has 2 amide bonds. The maximum absolute atomic E-state index is 14.2. The van der Waals surface area contributed by atoms with Crippen LogP contribution in [-0.4, -0.2) is 92.3 Å². The Morgan fingerprint density at radius 3 is 2.39 bits per heavy atom. The van der Waals surface area contributed by atoms with Crippen LogP contribution in [0.2, 0.25) is 0 Å². The molecule has 1 saturated heterocycles. The predicted octanol–water partition coefficient (Wildman–Crippen LogP) is 6.53. The SMILES string of the molecule is CC.CC/C(=c1/ccc(=O)[nH]c1=C(C)C)C(O)CNCCCCCCOC1CCN(C(=O)c2cccc(S(=O)(=O)c3cc(C)c4ncc(C(N)=O)c(Nc5cccc(OC)c5)c4c3)c2)CC1. The second kappa shape index (κ2) is 24.1. The van der Waals surface area contributed by atoms with E-state index < -0.39 is 21.8 Å². The molecular weight excluding hydrogens is 857 g/mol. The largest absolute Gasteiger partial charge is 0.497 e. The molecule has 1 atom stereocenters. The Morgan fingerprint density at radius 1 is 0.970 bits per heavy atom. The van der Waals surface area contributed by atoms with Crippen molar-refractivity contribution < 1.29 is 32.6 Å². The second-order valence-electron chi connectivity index (χ2n) is 16.4. The molecule has 2 aromatic heterocycles. The first-order chi connectivity index (χ1) is 31.7. The minimum absolute atomic E-state index is 0.0202. The number of aryl methyl sites for hydroxylation is 1. The van der Waals surface area contributed by atoms with E-state index in [-0.39, 0.29) is 38.5 Å². The summed E-state index contributed by atoms with van der Waals surface area (Å²) >= 11 is 0. The van der Waals surface area contributed by atoms with Gasteiger partial charge in [-0.3, -0.25) is 19.4 Å². The van der Waals surface area contributed by atoms with Crippen molar-refractivity contribution in [3.8, 4) is 5.75 Å². The standard InChI is InChI=1S/C49H60N6O8S.C2H6/c1-6-39(40-17-18-44(57)54-45(40)31(2)3)43(56)30-51-21-9-7-8-10-24-63-35-19-22-55(23-20-35)49(59)33-13-11-16-37(26-33)64(60,61)38-25-32(4)46-41(28-38)47(42(29-52-46)48(50)58)53-34-14-12-15-36(27-34)62-5;1-2/h11-18,25-29,35,43,51,56H,6-10,19-24,30H2,1-5H3,(H2,50,58)(H,52,53)(H,54,57);1-2H3/b40-39+;. The summed E-state index contributed by atoms with van der Waals surface area (Å²) in [6.45, 7) is 14.5. The number of unbranched alkanes of at least 4 members (excludes halogenated alkanes) is 3. The molecule has 6 rings (SSSR count). The molecule has 3 heterocycles. The third kappa shape index (κ3) is 12.7. The molecule has 0 saturated carbocycles. The zero-order chi connectivity index (χ0) is 48.0. The number of hydrogen-bond donors (Lipinski definition) is 5. The van der Waals surface area contributed by atoms with Crippen molar-refractivity contribution in [3.05, 3.63) is 117 Å². The zero-order valence-electron chi connectivity index (χ0n) is 39.3. The van der Waals surface area contributed by atoms with Crippen molar-refractivity contribution in [1.29, 1.82) is 0 Å². The molecule has 1 aliphatic rings. The fraction of sp³-hybridized carbons (Fsp3) is 0.412. The van der Waals surface area contributed by atoms with E-state index >= 15 is 0 Å². The number of ether oxygens (including phenoxy) is 2. The summed E-state index contributed by atoms with van der Waals surface area (Å²) in [6, 6.07) is 19.5. The summed E-state index contributed by atoms with van der Waals surface area (Å²) in [5.41, 5.74) is 9.82. The van der Waals surface area contributed by atoms with E-state index in [1.165, 1.54) is 36.5 Å². The summed E-state index contributed by atoms with van der Waals surface area (Å²) in [6.07, 6.45) is 6.77. The van der Waals surface area contributed by atoms with Crippen molar-refractivity contribution >= 4 is 55.1 Å². The Bertz CT molecular complexity index is 2780. The molecule has 66 heavy (non-hydrogen) atoms. The van der Waals surface area contributed by atoms with Gasteiger partial charge in [0.1, 0.15) is 5.75 Å². The lowest BCUT2D eigenvalue weighted by molar-refractivity contribution is 0.00718. The van der Waals surface area contributed by atoms with E-state index in [4.69, 9.17) is 15.2 Å². The van der Waals surface area contributed by atoms with Crippen molar-refractivity contribution in [2.24, 2.45) is 5.73 Å². The Morgan fingerprint density at radius 2 is 1.70 bits per heavy atom. The maximum Gasteiger partial charge on any atom is 0.253 e. The van der Waals surface area contributed by atoms with Crippen LogP contribution in [0.1, 0.15) is 106 Å². The van der Waals surface area contributed by atoms with Gasteiger partial charge in [-0.15, -0.1) is 0 Å². The highest BCUT2D eigenvalue weighted by atomic mass is 32.2. The molecule has 14 nitrogen and oxygen atoms in total. The van der Waals surface area contributed by atoms with Crippen molar-refractivity contribution in [3.63, 3.8) is 0 Å². The fourth-order valence-electron chi connectivity index (χ4n) is 8.17. The van der Waals surface area contributed by atoms with Gasteiger partial charge in [0.05, 0.1) is 45.9 Å². The number of aromatic amines is 1. The van der Waals surface area contributed by atoms with Gasteiger partial charge in [0.15, 0.2) is 0 Å². The molecule has 0 spiro atoms. The number of nitrogens with one attached hydrogen (secondary N) is 3. The third-order valence-electron chi connectivity index (χ3n) is 11.7. The van der Waals surface area contributed by atoms with E-state index in [1.54, 1.807) is 61.4 Å². The molecule has 3 aromatic carbocycles. The van der Waals surface area contributed by atoms with E-state index in [0.29, 0.717) is 79.1 Å². The number of aliphatic hydroxyl groups is 1. The van der Waals surface area contributed by atoms with E-state index in [2.05, 4.69) is 20.6 Å². The van der Waals surface area contributed by atoms with Crippen molar-refractivity contribution in [2.45, 2.75) is 108 Å². The fourth-order valence-corrected chi connectivity index (χ4v) is 9.59. The molecule has 15 heteroatoms. The maximum atomic E-state index is 14.2. The lowest BCUT2D eigenvalue weighted by atomic mass is 10.0. The van der Waals surface area contributed by atoms with E-state index in [1.807, 2.05) is 34.6 Å². The van der Waals surface area contributed by atoms with Gasteiger partial charge < -0.3 is 40.8 Å². The number of primary amides is 1. The number of methoxy groups -OCH3 is 1. The summed E-state index contributed by atoms with van der Waals surface area (Å²) in [5.74, 6) is -0.394. The van der Waals surface area contributed by atoms with Crippen LogP contribution in [0.3, 0.4) is 0 Å². The molecule has 1 unspecified atom stereocenters. The number of rotatable bonds is 19. The number of H-pyrrole nitrogens is 1. The van der Waals surface area contributed by atoms with Crippen LogP contribution in [0.5, 0.6) is 5.75 Å². The zero-order valence-corrected chi connectivity index (χ0v) is 40.1. The molecule has 6 N–H and O–H groups in total. The van der Waals surface area contributed by atoms with Crippen LogP contribution in [-0.2, 0) is 14.6 Å². The quantitative estimate of drug-likeness (QED) is 0.0564. The van der Waals surface area contributed by atoms with Crippen LogP contribution in [0.15, 0.2) is 93.6 Å². The minimum atomic E-state index is -4.13. The Kier molecular flexibility index (Phi) is 18.6. The lowest BCUT2D eigenvalue weighted by Crippen LogP contribution is -2.41. The highest BCUT2D eigenvalue weighted by molar-refractivity contribution is 7.91. The van der Waals surface area contributed by atoms with E-state index in [0.717, 1.165) is 53.9 Å². The molecule has 0 aliphatic carbocycles. The van der Waals surface area contributed by atoms with E-state index in [9.17, 15) is 27.9 Å². The summed E-state index contributed by atoms with van der Waals surface area (Å²) in [5, 5.41) is 19.6. The Labute approximate surface area is 388 Å². The van der Waals surface area contributed by atoms with Gasteiger partial charge in [-0.25, -0.2) is 8.42 Å². The monoisotopic (exact) mass is 922 g/mol. The topological polar surface area (TPSA) is 206 Å². The van der Waals surface area contributed by atoms with Crippen LogP contribution >= 0.6 is 0 Å². The van der Waals surface area contributed by atoms with Crippen LogP contribution < -0.4 is 37.2 Å². The van der Waals surface area contributed by atoms with Gasteiger partial charge in [0.25, 0.3) is 11.8 Å². The molecule has 354 valence electrons. The average molecular weight is 923 g/mol. The molecule has 1 aliphatic heterocycles. The number of anilines is 2. The number of carbonyl (C=O) groups is 2. The van der Waals surface area contributed by atoms with Gasteiger partial charge >= 0.3 is 0 Å². The Hall–Kier alpha value is -5.87. The van der Waals surface area contributed by atoms with Crippen LogP contribution in [0.25, 0.3) is 22.0 Å². The summed E-state index contributed by atoms with van der Waals surface area (Å²) in [4.78, 5) is 47.2. The van der Waals surface area contributed by atoms with Crippen LogP contribution in [0.4, 0.5) is 11.4 Å². The molecule has 5 aromatic rings. The number of piperidine rings is 1. The summed E-state index contributed by atoms with van der Waals surface area (Å²) in [7, 11) is -2.59. The molecule has 0 bridgehead atoms. The highest BCUT2D eigenvalue weighted by Gasteiger charge is 2.27. The number of aliphatic hydroxyl groups excluding tert-OH is 1. The number of nitrogens with two attached hydrogens (primary N) is 1. The lowest BCUT2D eigenvalue weighted by Gasteiger charge is -2.32. The van der Waals surface area contributed by atoms with Gasteiger partial charge in [0.2, 0.25) is 15.4 Å². The molecular formula is C51H66N6O8S. The highest BCUT2D eigenvalue weighted by Crippen LogP contribution is 2.35. The normalized spacial score (nSPS) is 14.0. The van der Waals surface area contributed by atoms with Gasteiger partial charge in [0, 0.05) is 66.6 Å². The first-order valence-electron chi connectivity index (χ1n) is 22.9. The van der Waals surface area contributed by atoms with Gasteiger partial charge in [-0.2, -0.15) is 0 Å². The van der Waals surface area contributed by atoms with Crippen molar-refractivity contribution in [2.75, 3.05) is 45.2 Å². The molecule has 1 fully saturated rings. The summed E-state index contributed by atoms with van der Waals surface area (Å²) < 4.78 is 40.0. The third-order valence-corrected chi connectivity index (χ3v) is 13.4. The number of nitrogens with zero attached hydrogens (tertiary/aromatic N) is 2. The first kappa shape index (κ1) is 51.1. The number of hydrogen-bond acceptors (Lipinski definition) is 11. The number of sulfone groups is 1. The number of likely N-dealkylation sites (tertiary alicyclic amines) is 1. The van der Waals surface area contributed by atoms with Crippen LogP contribution in [0, 0.1) is 6.92 Å². The molecule has 0 radical (unpaired) electrons. The average Bonchev–Trinajstić information content (AvgIpc) is 3.32. The van der Waals surface area contributed by atoms with Gasteiger partial charge in [-0.1, -0.05) is 51.3 Å². The smallest absolute Gasteiger partial charge is 0.253 e. The number of aromatic nitrogens is 2. The number of fused-ring (bicyclic) bond motifs is 1. The number of carbonyl (C=O) groups excluding carboxylic acids is 2. The number of benzene rings is 3. The number of amides is 2. The Balaban J connectivity index is 0.00000403. The first-order valence-corrected chi connectivity index (χ1v) is 24.4. The van der Waals surface area contributed by atoms with Gasteiger partial charge in [-0.05, 0) is 124 Å². The predicted molar refractivity (Wildman–Crippen MR) is 262 cm³/mol. The van der Waals surface area contributed by atoms with Crippen molar-refractivity contribution in [1.82, 2.24) is 20.2 Å².